The van der Waals surface area contributed by atoms with Gasteiger partial charge in [0, 0.05) is 18.8 Å². The quantitative estimate of drug-likeness (QED) is 0.890. The zero-order valence-electron chi connectivity index (χ0n) is 10.9. The fourth-order valence-corrected chi connectivity index (χ4v) is 2.00. The molecular formula is C16H17NO2. The summed E-state index contributed by atoms with van der Waals surface area (Å²) in [4.78, 5) is 13.0. The topological polar surface area (TPSA) is 40.5 Å². The lowest BCUT2D eigenvalue weighted by molar-refractivity contribution is 0.0697. The summed E-state index contributed by atoms with van der Waals surface area (Å²) in [5.74, 6) is -0.891. The van der Waals surface area contributed by atoms with Gasteiger partial charge in [0.2, 0.25) is 0 Å². The Balaban J connectivity index is 2.15. The fourth-order valence-electron chi connectivity index (χ4n) is 2.00. The summed E-state index contributed by atoms with van der Waals surface area (Å²) in [5, 5.41) is 8.89. The Hall–Kier alpha value is -2.29. The Kier molecular flexibility index (Phi) is 4.18. The highest BCUT2D eigenvalue weighted by molar-refractivity contribution is 5.88. The van der Waals surface area contributed by atoms with E-state index >= 15 is 0 Å². The molecule has 1 N–H and O–H groups in total. The van der Waals surface area contributed by atoms with Crippen LogP contribution in [0.3, 0.4) is 0 Å². The first-order chi connectivity index (χ1) is 9.20. The predicted octanol–water partition coefficient (Wildman–Crippen LogP) is 3.41. The largest absolute Gasteiger partial charge is 0.478 e. The minimum Gasteiger partial charge on any atom is -0.478 e. The van der Waals surface area contributed by atoms with Crippen molar-refractivity contribution in [3.05, 3.63) is 65.7 Å². The molecule has 0 spiro atoms. The summed E-state index contributed by atoms with van der Waals surface area (Å²) in [7, 11) is 0. The first kappa shape index (κ1) is 13.1. The van der Waals surface area contributed by atoms with Gasteiger partial charge < -0.3 is 10.0 Å². The van der Waals surface area contributed by atoms with E-state index in [1.807, 2.05) is 30.3 Å². The van der Waals surface area contributed by atoms with Crippen molar-refractivity contribution in [1.29, 1.82) is 0 Å². The first-order valence-electron chi connectivity index (χ1n) is 6.33. The number of hydrogen-bond donors (Lipinski definition) is 1. The molecule has 0 bridgehead atoms. The first-order valence-corrected chi connectivity index (χ1v) is 6.33. The van der Waals surface area contributed by atoms with Crippen LogP contribution in [0.4, 0.5) is 5.69 Å². The van der Waals surface area contributed by atoms with Gasteiger partial charge in [-0.15, -0.1) is 0 Å². The van der Waals surface area contributed by atoms with E-state index in [0.717, 1.165) is 18.8 Å². The highest BCUT2D eigenvalue weighted by Crippen LogP contribution is 2.18. The molecule has 0 fully saturated rings. The van der Waals surface area contributed by atoms with Gasteiger partial charge in [-0.2, -0.15) is 0 Å². The van der Waals surface area contributed by atoms with Crippen LogP contribution in [0.5, 0.6) is 0 Å². The van der Waals surface area contributed by atoms with Gasteiger partial charge in [0.25, 0.3) is 0 Å². The fraction of sp³-hybridized carbons (Fsp3) is 0.188. The van der Waals surface area contributed by atoms with Crippen molar-refractivity contribution in [3.63, 3.8) is 0 Å². The summed E-state index contributed by atoms with van der Waals surface area (Å²) >= 11 is 0. The molecule has 0 atom stereocenters. The number of carbonyl (C=O) groups is 1. The number of anilines is 1. The zero-order chi connectivity index (χ0) is 13.7. The van der Waals surface area contributed by atoms with Crippen LogP contribution in [0, 0.1) is 0 Å². The Bertz CT molecular complexity index is 534. The van der Waals surface area contributed by atoms with Gasteiger partial charge in [-0.05, 0) is 36.8 Å². The maximum atomic E-state index is 10.8. The smallest absolute Gasteiger partial charge is 0.335 e. The van der Waals surface area contributed by atoms with Crippen LogP contribution in [0.25, 0.3) is 0 Å². The van der Waals surface area contributed by atoms with E-state index in [0.29, 0.717) is 5.56 Å². The number of aromatic carboxylic acids is 1. The van der Waals surface area contributed by atoms with Crippen LogP contribution < -0.4 is 4.90 Å². The van der Waals surface area contributed by atoms with Crippen LogP contribution in [0.2, 0.25) is 0 Å². The normalized spacial score (nSPS) is 10.2. The van der Waals surface area contributed by atoms with Crippen molar-refractivity contribution in [2.75, 3.05) is 11.4 Å². The highest BCUT2D eigenvalue weighted by atomic mass is 16.4. The molecule has 2 rings (SSSR count). The second-order valence-corrected chi connectivity index (χ2v) is 4.35. The summed E-state index contributed by atoms with van der Waals surface area (Å²) in [6.07, 6.45) is 0. The number of benzene rings is 2. The monoisotopic (exact) mass is 255 g/mol. The van der Waals surface area contributed by atoms with Crippen LogP contribution in [0.15, 0.2) is 54.6 Å². The molecule has 0 aliphatic carbocycles. The third-order valence-electron chi connectivity index (χ3n) is 3.08. The molecule has 0 radical (unpaired) electrons. The lowest BCUT2D eigenvalue weighted by atomic mass is 10.1. The van der Waals surface area contributed by atoms with E-state index in [-0.39, 0.29) is 0 Å². The second kappa shape index (κ2) is 6.05. The number of hydrogen-bond acceptors (Lipinski definition) is 2. The number of rotatable bonds is 5. The minimum atomic E-state index is -0.891. The molecule has 3 nitrogen and oxygen atoms in total. The van der Waals surface area contributed by atoms with E-state index in [1.54, 1.807) is 12.1 Å². The van der Waals surface area contributed by atoms with Gasteiger partial charge in [-0.3, -0.25) is 0 Å². The Labute approximate surface area is 113 Å². The molecule has 0 aliphatic rings. The summed E-state index contributed by atoms with van der Waals surface area (Å²) < 4.78 is 0. The van der Waals surface area contributed by atoms with Crippen molar-refractivity contribution in [2.24, 2.45) is 0 Å². The third-order valence-corrected chi connectivity index (χ3v) is 3.08. The molecule has 98 valence electrons. The number of carboxylic acid groups (broad SMARTS) is 1. The molecule has 0 aromatic heterocycles. The van der Waals surface area contributed by atoms with Crippen LogP contribution in [-0.2, 0) is 6.54 Å². The van der Waals surface area contributed by atoms with Crippen LogP contribution in [0.1, 0.15) is 22.8 Å². The van der Waals surface area contributed by atoms with Crippen molar-refractivity contribution >= 4 is 11.7 Å². The standard InChI is InChI=1S/C16H17NO2/c1-2-17(12-13-6-4-3-5-7-13)15-10-8-14(9-11-15)16(18)19/h3-11H,2,12H2,1H3,(H,18,19). The van der Waals surface area contributed by atoms with Gasteiger partial charge >= 0.3 is 5.97 Å². The molecule has 0 amide bonds. The molecule has 0 saturated heterocycles. The third kappa shape index (κ3) is 3.35. The maximum absolute atomic E-state index is 10.8. The van der Waals surface area contributed by atoms with E-state index in [2.05, 4.69) is 24.0 Å². The molecule has 0 unspecified atom stereocenters. The number of nitrogens with zero attached hydrogens (tertiary/aromatic N) is 1. The average molecular weight is 255 g/mol. The summed E-state index contributed by atoms with van der Waals surface area (Å²) in [5.41, 5.74) is 2.60. The van der Waals surface area contributed by atoms with E-state index in [4.69, 9.17) is 5.11 Å². The van der Waals surface area contributed by atoms with E-state index < -0.39 is 5.97 Å². The molecule has 0 saturated carbocycles. The number of carboxylic acids is 1. The maximum Gasteiger partial charge on any atom is 0.335 e. The summed E-state index contributed by atoms with van der Waals surface area (Å²) in [6, 6.07) is 17.2. The van der Waals surface area contributed by atoms with Crippen molar-refractivity contribution in [2.45, 2.75) is 13.5 Å². The van der Waals surface area contributed by atoms with Crippen molar-refractivity contribution < 1.29 is 9.90 Å². The van der Waals surface area contributed by atoms with Crippen LogP contribution in [-0.4, -0.2) is 17.6 Å². The molecule has 19 heavy (non-hydrogen) atoms. The Morgan fingerprint density at radius 1 is 1.05 bits per heavy atom. The average Bonchev–Trinajstić information content (AvgIpc) is 2.46. The van der Waals surface area contributed by atoms with Gasteiger partial charge in [-0.1, -0.05) is 30.3 Å². The van der Waals surface area contributed by atoms with Crippen LogP contribution >= 0.6 is 0 Å². The molecular weight excluding hydrogens is 238 g/mol. The SMILES string of the molecule is CCN(Cc1ccccc1)c1ccc(C(=O)O)cc1. The van der Waals surface area contributed by atoms with Crippen molar-refractivity contribution in [3.8, 4) is 0 Å². The predicted molar refractivity (Wildman–Crippen MR) is 76.6 cm³/mol. The lowest BCUT2D eigenvalue weighted by Crippen LogP contribution is -2.21. The molecule has 0 heterocycles. The Morgan fingerprint density at radius 3 is 2.21 bits per heavy atom. The Morgan fingerprint density at radius 2 is 1.68 bits per heavy atom. The van der Waals surface area contributed by atoms with Crippen molar-refractivity contribution in [1.82, 2.24) is 0 Å². The van der Waals surface area contributed by atoms with Gasteiger partial charge in [0.05, 0.1) is 5.56 Å². The second-order valence-electron chi connectivity index (χ2n) is 4.35. The van der Waals surface area contributed by atoms with Gasteiger partial charge in [-0.25, -0.2) is 4.79 Å². The lowest BCUT2D eigenvalue weighted by Gasteiger charge is -2.23. The molecule has 2 aromatic rings. The molecule has 2 aromatic carbocycles. The van der Waals surface area contributed by atoms with Gasteiger partial charge in [0.1, 0.15) is 0 Å². The summed E-state index contributed by atoms with van der Waals surface area (Å²) in [6.45, 7) is 3.79. The molecule has 0 aliphatic heterocycles. The van der Waals surface area contributed by atoms with E-state index in [1.165, 1.54) is 5.56 Å². The molecule has 3 heteroatoms. The highest BCUT2D eigenvalue weighted by Gasteiger charge is 2.07. The van der Waals surface area contributed by atoms with Gasteiger partial charge in [0.15, 0.2) is 0 Å². The minimum absolute atomic E-state index is 0.319. The van der Waals surface area contributed by atoms with E-state index in [9.17, 15) is 4.79 Å². The zero-order valence-corrected chi connectivity index (χ0v) is 10.9.